The maximum absolute atomic E-state index is 5.70. The van der Waals surface area contributed by atoms with Gasteiger partial charge in [-0.3, -0.25) is 0 Å². The van der Waals surface area contributed by atoms with Crippen LogP contribution in [-0.4, -0.2) is 18.2 Å². The summed E-state index contributed by atoms with van der Waals surface area (Å²) in [5.74, 6) is 0.450. The van der Waals surface area contributed by atoms with E-state index in [9.17, 15) is 0 Å². The molecule has 2 N–H and O–H groups in total. The molecule has 1 atom stereocenters. The van der Waals surface area contributed by atoms with Gasteiger partial charge in [-0.2, -0.15) is 0 Å². The molecule has 15 heavy (non-hydrogen) atoms. The molecule has 86 valence electrons. The summed E-state index contributed by atoms with van der Waals surface area (Å²) in [6.07, 6.45) is 1.10. The summed E-state index contributed by atoms with van der Waals surface area (Å²) in [6.45, 7) is 6.95. The average molecular weight is 228 g/mol. The van der Waals surface area contributed by atoms with E-state index in [0.29, 0.717) is 12.5 Å². The molecule has 0 saturated carbocycles. The third kappa shape index (κ3) is 3.26. The van der Waals surface area contributed by atoms with Gasteiger partial charge in [0.25, 0.3) is 0 Å². The minimum absolute atomic E-state index is 0.224. The van der Waals surface area contributed by atoms with Crippen molar-refractivity contribution in [2.45, 2.75) is 45.8 Å². The van der Waals surface area contributed by atoms with Crippen molar-refractivity contribution in [2.24, 2.45) is 5.73 Å². The summed E-state index contributed by atoms with van der Waals surface area (Å²) < 4.78 is 5.23. The molecule has 4 heteroatoms. The number of nitrogens with two attached hydrogens (primary N) is 1. The van der Waals surface area contributed by atoms with Crippen LogP contribution in [0.2, 0.25) is 0 Å². The van der Waals surface area contributed by atoms with E-state index >= 15 is 0 Å². The van der Waals surface area contributed by atoms with Crippen molar-refractivity contribution in [3.63, 3.8) is 0 Å². The Balaban J connectivity index is 2.83. The Morgan fingerprint density at radius 3 is 2.47 bits per heavy atom. The van der Waals surface area contributed by atoms with Crippen molar-refractivity contribution in [1.29, 1.82) is 0 Å². The van der Waals surface area contributed by atoms with Crippen molar-refractivity contribution in [3.8, 4) is 0 Å². The zero-order valence-electron chi connectivity index (χ0n) is 9.91. The summed E-state index contributed by atoms with van der Waals surface area (Å²) in [6, 6.07) is 0. The monoisotopic (exact) mass is 228 g/mol. The Labute approximate surface area is 95.7 Å². The van der Waals surface area contributed by atoms with Gasteiger partial charge in [0, 0.05) is 25.0 Å². The highest BCUT2D eigenvalue weighted by Crippen LogP contribution is 2.25. The number of nitrogens with zero attached hydrogens (tertiary/aromatic N) is 1. The van der Waals surface area contributed by atoms with E-state index in [4.69, 9.17) is 10.5 Å². The summed E-state index contributed by atoms with van der Waals surface area (Å²) in [5.41, 5.74) is 6.86. The van der Waals surface area contributed by atoms with E-state index in [1.807, 2.05) is 0 Å². The van der Waals surface area contributed by atoms with Gasteiger partial charge in [-0.05, 0) is 12.8 Å². The lowest BCUT2D eigenvalue weighted by atomic mass is 10.1. The van der Waals surface area contributed by atoms with E-state index in [-0.39, 0.29) is 6.10 Å². The van der Waals surface area contributed by atoms with E-state index in [2.05, 4.69) is 25.8 Å². The number of methoxy groups -OCH3 is 1. The fourth-order valence-corrected chi connectivity index (χ4v) is 2.64. The zero-order chi connectivity index (χ0) is 11.4. The molecule has 0 spiro atoms. The first-order valence-corrected chi connectivity index (χ1v) is 6.11. The van der Waals surface area contributed by atoms with Gasteiger partial charge in [0.15, 0.2) is 0 Å². The molecule has 0 saturated heterocycles. The number of rotatable bonds is 5. The minimum atomic E-state index is 0.224. The number of hydrogen-bond donors (Lipinski definition) is 1. The maximum atomic E-state index is 5.70. The quantitative estimate of drug-likeness (QED) is 0.841. The highest BCUT2D eigenvalue weighted by Gasteiger charge is 2.14. The highest BCUT2D eigenvalue weighted by atomic mass is 32.1. The van der Waals surface area contributed by atoms with Gasteiger partial charge in [-0.1, -0.05) is 13.8 Å². The molecule has 0 aliphatic carbocycles. The SMILES string of the molecule is COC(C)Cc1nc(C(C)C)c(CN)s1. The number of thiazole rings is 1. The zero-order valence-corrected chi connectivity index (χ0v) is 10.7. The summed E-state index contributed by atoms with van der Waals surface area (Å²) in [5, 5.41) is 1.13. The molecular formula is C11H20N2OS. The van der Waals surface area contributed by atoms with Crippen LogP contribution < -0.4 is 5.73 Å². The molecule has 0 aliphatic heterocycles. The molecule has 1 unspecified atom stereocenters. The summed E-state index contributed by atoms with van der Waals surface area (Å²) >= 11 is 1.72. The predicted octanol–water partition coefficient (Wildman–Crippen LogP) is 2.30. The van der Waals surface area contributed by atoms with Crippen LogP contribution >= 0.6 is 11.3 Å². The van der Waals surface area contributed by atoms with Gasteiger partial charge in [-0.15, -0.1) is 11.3 Å². The molecule has 0 fully saturated rings. The summed E-state index contributed by atoms with van der Waals surface area (Å²) in [4.78, 5) is 5.84. The number of aromatic nitrogens is 1. The first-order chi connectivity index (χ1) is 7.08. The number of ether oxygens (including phenoxy) is 1. The van der Waals surface area contributed by atoms with Crippen LogP contribution in [0.4, 0.5) is 0 Å². The Kier molecular flexibility index (Phi) is 4.70. The predicted molar refractivity (Wildman–Crippen MR) is 64.3 cm³/mol. The maximum Gasteiger partial charge on any atom is 0.0957 e. The van der Waals surface area contributed by atoms with Crippen LogP contribution in [0.3, 0.4) is 0 Å². The molecule has 3 nitrogen and oxygen atoms in total. The van der Waals surface area contributed by atoms with Crippen LogP contribution in [0.1, 0.15) is 42.3 Å². The second-order valence-electron chi connectivity index (χ2n) is 4.03. The van der Waals surface area contributed by atoms with Crippen molar-refractivity contribution in [1.82, 2.24) is 4.98 Å². The van der Waals surface area contributed by atoms with Gasteiger partial charge >= 0.3 is 0 Å². The van der Waals surface area contributed by atoms with Crippen molar-refractivity contribution in [2.75, 3.05) is 7.11 Å². The van der Waals surface area contributed by atoms with Crippen LogP contribution in [0.5, 0.6) is 0 Å². The van der Waals surface area contributed by atoms with E-state index in [0.717, 1.165) is 17.1 Å². The standard InChI is InChI=1S/C11H20N2OS/c1-7(2)11-9(6-12)15-10(13-11)5-8(3)14-4/h7-8H,5-6,12H2,1-4H3. The lowest BCUT2D eigenvalue weighted by Gasteiger charge is -2.05. The summed E-state index contributed by atoms with van der Waals surface area (Å²) in [7, 11) is 1.73. The normalized spacial score (nSPS) is 13.5. The van der Waals surface area contributed by atoms with Gasteiger partial charge < -0.3 is 10.5 Å². The Bertz CT molecular complexity index is 310. The van der Waals surface area contributed by atoms with Gasteiger partial charge in [0.05, 0.1) is 16.8 Å². The van der Waals surface area contributed by atoms with Crippen LogP contribution in [0.25, 0.3) is 0 Å². The molecule has 0 aromatic carbocycles. The van der Waals surface area contributed by atoms with Crippen molar-refractivity contribution < 1.29 is 4.74 Å². The molecule has 1 aromatic rings. The molecule has 0 radical (unpaired) electrons. The fraction of sp³-hybridized carbons (Fsp3) is 0.727. The smallest absolute Gasteiger partial charge is 0.0957 e. The lowest BCUT2D eigenvalue weighted by molar-refractivity contribution is 0.118. The number of hydrogen-bond acceptors (Lipinski definition) is 4. The largest absolute Gasteiger partial charge is 0.381 e. The third-order valence-electron chi connectivity index (χ3n) is 2.37. The Morgan fingerprint density at radius 2 is 2.07 bits per heavy atom. The van der Waals surface area contributed by atoms with Crippen molar-refractivity contribution >= 4 is 11.3 Å². The second-order valence-corrected chi connectivity index (χ2v) is 5.19. The molecule has 1 rings (SSSR count). The topological polar surface area (TPSA) is 48.1 Å². The van der Waals surface area contributed by atoms with Crippen LogP contribution in [0, 0.1) is 0 Å². The second kappa shape index (κ2) is 5.58. The van der Waals surface area contributed by atoms with Crippen LogP contribution in [0.15, 0.2) is 0 Å². The molecule has 0 amide bonds. The lowest BCUT2D eigenvalue weighted by Crippen LogP contribution is -2.08. The molecule has 0 aliphatic rings. The van der Waals surface area contributed by atoms with Crippen LogP contribution in [-0.2, 0) is 17.7 Å². The van der Waals surface area contributed by atoms with Gasteiger partial charge in [0.1, 0.15) is 0 Å². The van der Waals surface area contributed by atoms with E-state index in [1.165, 1.54) is 4.88 Å². The minimum Gasteiger partial charge on any atom is -0.381 e. The van der Waals surface area contributed by atoms with E-state index in [1.54, 1.807) is 18.4 Å². The molecule has 1 heterocycles. The Morgan fingerprint density at radius 1 is 1.40 bits per heavy atom. The first-order valence-electron chi connectivity index (χ1n) is 5.29. The van der Waals surface area contributed by atoms with Gasteiger partial charge in [-0.25, -0.2) is 4.98 Å². The Hall–Kier alpha value is -0.450. The molecular weight excluding hydrogens is 208 g/mol. The molecule has 1 aromatic heterocycles. The highest BCUT2D eigenvalue weighted by molar-refractivity contribution is 7.11. The average Bonchev–Trinajstić information content (AvgIpc) is 2.60. The fourth-order valence-electron chi connectivity index (χ4n) is 1.43. The van der Waals surface area contributed by atoms with E-state index < -0.39 is 0 Å². The first kappa shape index (κ1) is 12.6. The van der Waals surface area contributed by atoms with Crippen molar-refractivity contribution in [3.05, 3.63) is 15.6 Å². The van der Waals surface area contributed by atoms with Gasteiger partial charge in [0.2, 0.25) is 0 Å². The third-order valence-corrected chi connectivity index (χ3v) is 3.48. The molecule has 0 bridgehead atoms.